The molecule has 0 saturated heterocycles. The number of hydrogen-bond acceptors (Lipinski definition) is 7. The van der Waals surface area contributed by atoms with Crippen LogP contribution in [0.5, 0.6) is 0 Å². The smallest absolute Gasteiger partial charge is 0.274 e. The summed E-state index contributed by atoms with van der Waals surface area (Å²) in [6, 6.07) is 4.69. The van der Waals surface area contributed by atoms with Gasteiger partial charge in [0, 0.05) is 26.4 Å². The van der Waals surface area contributed by atoms with Crippen LogP contribution in [0, 0.1) is 0 Å². The molecule has 2 aliphatic rings. The van der Waals surface area contributed by atoms with Gasteiger partial charge in [-0.15, -0.1) is 0 Å². The first kappa shape index (κ1) is 20.4. The number of carbonyl (C=O) groups is 1. The Hall–Kier alpha value is -3.47. The molecule has 10 nitrogen and oxygen atoms in total. The fourth-order valence-electron chi connectivity index (χ4n) is 3.94. The van der Waals surface area contributed by atoms with E-state index in [4.69, 9.17) is 4.74 Å². The Bertz CT molecular complexity index is 1240. The summed E-state index contributed by atoms with van der Waals surface area (Å²) in [6.45, 7) is 0. The molecule has 1 unspecified atom stereocenters. The zero-order valence-corrected chi connectivity index (χ0v) is 17.7. The number of methoxy groups -OCH3 is 1. The van der Waals surface area contributed by atoms with Crippen LogP contribution in [-0.2, 0) is 4.74 Å². The molecule has 2 aliphatic carbocycles. The summed E-state index contributed by atoms with van der Waals surface area (Å²) in [6.07, 6.45) is 4.02. The molecule has 0 aromatic carbocycles. The average Bonchev–Trinajstić information content (AvgIpc) is 3.46. The Balaban J connectivity index is 1.46. The van der Waals surface area contributed by atoms with Gasteiger partial charge in [-0.2, -0.15) is 9.61 Å². The van der Waals surface area contributed by atoms with Crippen molar-refractivity contribution in [2.24, 2.45) is 0 Å². The van der Waals surface area contributed by atoms with E-state index in [1.807, 2.05) is 0 Å². The summed E-state index contributed by atoms with van der Waals surface area (Å²) in [5.41, 5.74) is 0.698. The number of amides is 1. The predicted molar refractivity (Wildman–Crippen MR) is 116 cm³/mol. The van der Waals surface area contributed by atoms with E-state index in [1.54, 1.807) is 43.1 Å². The Morgan fingerprint density at radius 1 is 1.34 bits per heavy atom. The van der Waals surface area contributed by atoms with Crippen LogP contribution < -0.4 is 21.5 Å². The van der Waals surface area contributed by atoms with Gasteiger partial charge in [0.05, 0.1) is 24.4 Å². The van der Waals surface area contributed by atoms with Gasteiger partial charge in [0.15, 0.2) is 5.65 Å². The molecule has 0 spiro atoms. The lowest BCUT2D eigenvalue weighted by molar-refractivity contribution is 0.0826. The third-order valence-corrected chi connectivity index (χ3v) is 6.08. The number of rotatable bonds is 7. The monoisotopic (exact) mass is 441 g/mol. The minimum absolute atomic E-state index is 0.0218. The summed E-state index contributed by atoms with van der Waals surface area (Å²) in [7, 11) is 3.35. The van der Waals surface area contributed by atoms with Gasteiger partial charge in [-0.1, -0.05) is 0 Å². The number of ether oxygens (including phenoxy) is 1. The molecule has 3 heterocycles. The second kappa shape index (κ2) is 7.90. The number of anilines is 3. The van der Waals surface area contributed by atoms with Gasteiger partial charge in [-0.25, -0.2) is 9.37 Å². The van der Waals surface area contributed by atoms with E-state index in [-0.39, 0.29) is 23.3 Å². The molecule has 1 amide bonds. The van der Waals surface area contributed by atoms with Crippen LogP contribution in [0.4, 0.5) is 21.7 Å². The Labute approximate surface area is 182 Å². The van der Waals surface area contributed by atoms with Crippen molar-refractivity contribution in [3.8, 4) is 0 Å². The lowest BCUT2D eigenvalue weighted by Crippen LogP contribution is -2.48. The fourth-order valence-corrected chi connectivity index (χ4v) is 3.94. The maximum absolute atomic E-state index is 13.6. The number of alkyl halides is 1. The van der Waals surface area contributed by atoms with Gasteiger partial charge in [0.25, 0.3) is 11.5 Å². The quantitative estimate of drug-likeness (QED) is 0.513. The second-order valence-corrected chi connectivity index (χ2v) is 8.08. The minimum Gasteiger partial charge on any atom is -0.379 e. The van der Waals surface area contributed by atoms with Crippen molar-refractivity contribution in [3.63, 3.8) is 0 Å². The van der Waals surface area contributed by atoms with Crippen molar-refractivity contribution in [2.45, 2.75) is 43.6 Å². The highest BCUT2D eigenvalue weighted by atomic mass is 19.1. The Morgan fingerprint density at radius 2 is 2.19 bits per heavy atom. The summed E-state index contributed by atoms with van der Waals surface area (Å²) in [4.78, 5) is 30.2. The summed E-state index contributed by atoms with van der Waals surface area (Å²) < 4.78 is 22.1. The van der Waals surface area contributed by atoms with Gasteiger partial charge in [-0.05, 0) is 31.4 Å². The minimum atomic E-state index is -1.02. The van der Waals surface area contributed by atoms with Crippen molar-refractivity contribution >= 4 is 28.9 Å². The molecule has 3 N–H and O–H groups in total. The molecule has 2 saturated carbocycles. The van der Waals surface area contributed by atoms with Gasteiger partial charge < -0.3 is 25.3 Å². The number of carbonyl (C=O) groups excluding carboxylic acids is 1. The highest BCUT2D eigenvalue weighted by molar-refractivity contribution is 6.00. The van der Waals surface area contributed by atoms with E-state index in [2.05, 4.69) is 26.0 Å². The van der Waals surface area contributed by atoms with E-state index in [0.29, 0.717) is 35.8 Å². The predicted octanol–water partition coefficient (Wildman–Crippen LogP) is 1.87. The van der Waals surface area contributed by atoms with Gasteiger partial charge in [0.1, 0.15) is 29.1 Å². The Kier molecular flexibility index (Phi) is 5.04. The van der Waals surface area contributed by atoms with Crippen LogP contribution in [0.15, 0.2) is 35.4 Å². The van der Waals surface area contributed by atoms with Crippen LogP contribution in [0.2, 0.25) is 0 Å². The molecule has 0 bridgehead atoms. The summed E-state index contributed by atoms with van der Waals surface area (Å²) >= 11 is 0. The Morgan fingerprint density at radius 3 is 2.84 bits per heavy atom. The van der Waals surface area contributed by atoms with Gasteiger partial charge >= 0.3 is 0 Å². The number of hydrogen-bond donors (Lipinski definition) is 3. The maximum atomic E-state index is 13.6. The van der Waals surface area contributed by atoms with Crippen molar-refractivity contribution in [1.82, 2.24) is 24.5 Å². The topological polar surface area (TPSA) is 115 Å². The van der Waals surface area contributed by atoms with Crippen molar-refractivity contribution in [3.05, 3.63) is 46.5 Å². The molecule has 5 rings (SSSR count). The molecule has 3 aromatic rings. The summed E-state index contributed by atoms with van der Waals surface area (Å²) in [5, 5.41) is 13.0. The zero-order valence-electron chi connectivity index (χ0n) is 17.7. The molecule has 168 valence electrons. The number of pyridine rings is 1. The van der Waals surface area contributed by atoms with Crippen LogP contribution in [0.1, 0.15) is 35.7 Å². The zero-order chi connectivity index (χ0) is 22.4. The van der Waals surface area contributed by atoms with Crippen LogP contribution >= 0.6 is 0 Å². The molecular formula is C21H24FN7O3. The molecule has 32 heavy (non-hydrogen) atoms. The lowest BCUT2D eigenvalue weighted by Gasteiger charge is -2.30. The number of nitrogens with one attached hydrogen (secondary N) is 3. The van der Waals surface area contributed by atoms with Crippen molar-refractivity contribution in [2.75, 3.05) is 24.8 Å². The number of fused-ring (bicyclic) bond motifs is 1. The van der Waals surface area contributed by atoms with Gasteiger partial charge in [0.2, 0.25) is 0 Å². The first-order chi connectivity index (χ1) is 15.5. The molecule has 0 radical (unpaired) electrons. The molecular weight excluding hydrogens is 417 g/mol. The highest BCUT2D eigenvalue weighted by Crippen LogP contribution is 2.37. The number of nitrogens with zero attached hydrogens (tertiary/aromatic N) is 4. The van der Waals surface area contributed by atoms with Crippen molar-refractivity contribution < 1.29 is 13.9 Å². The summed E-state index contributed by atoms with van der Waals surface area (Å²) in [5.74, 6) is 0.513. The van der Waals surface area contributed by atoms with Crippen LogP contribution in [0.3, 0.4) is 0 Å². The first-order valence-corrected chi connectivity index (χ1v) is 10.5. The van der Waals surface area contributed by atoms with Crippen molar-refractivity contribution in [1.29, 1.82) is 0 Å². The molecule has 3 aromatic heterocycles. The molecule has 2 fully saturated rings. The van der Waals surface area contributed by atoms with Crippen LogP contribution in [-0.4, -0.2) is 57.5 Å². The van der Waals surface area contributed by atoms with E-state index in [1.165, 1.54) is 10.7 Å². The molecule has 11 heteroatoms. The number of halogens is 1. The normalized spacial score (nSPS) is 24.1. The van der Waals surface area contributed by atoms with E-state index in [9.17, 15) is 14.0 Å². The fraction of sp³-hybridized carbons (Fsp3) is 0.429. The third kappa shape index (κ3) is 3.48. The maximum Gasteiger partial charge on any atom is 0.274 e. The van der Waals surface area contributed by atoms with E-state index >= 15 is 0 Å². The standard InChI is InChI=1S/C21H24FN7O3/c1-23-18-9-17(25-14-4-3-7-28(21(14)31)15-8-16(15)32-2)27-19-11(10-24-29(18)19)20(30)26-13-6-5-12(13)22/h3-4,7,9-10,12-13,15-16,23H,5-6,8H2,1-2H3,(H,25,27)(H,26,30)/t12-,13?,15+,16+/m1/s1. The SMILES string of the molecule is CNc1cc(Nc2cccn([C@H]3C[C@@H]3OC)c2=O)nc2c(C(=O)NC3CC[C@H]3F)cnn12. The first-order valence-electron chi connectivity index (χ1n) is 10.5. The molecule has 0 aliphatic heterocycles. The third-order valence-electron chi connectivity index (χ3n) is 6.08. The van der Waals surface area contributed by atoms with Gasteiger partial charge in [-0.3, -0.25) is 9.59 Å². The van der Waals surface area contributed by atoms with E-state index in [0.717, 1.165) is 6.42 Å². The highest BCUT2D eigenvalue weighted by Gasteiger charge is 2.39. The molecule has 4 atom stereocenters. The average molecular weight is 441 g/mol. The van der Waals surface area contributed by atoms with E-state index < -0.39 is 18.1 Å². The lowest BCUT2D eigenvalue weighted by atomic mass is 9.90. The second-order valence-electron chi connectivity index (χ2n) is 8.08. The number of aromatic nitrogens is 4. The van der Waals surface area contributed by atoms with Crippen LogP contribution in [0.25, 0.3) is 5.65 Å². The largest absolute Gasteiger partial charge is 0.379 e.